The molecule has 6 aromatic rings. The molecule has 228 valence electrons. The molecule has 1 aliphatic heterocycles. The van der Waals surface area contributed by atoms with Crippen LogP contribution in [0.25, 0.3) is 37.8 Å². The Kier molecular flexibility index (Phi) is 8.40. The van der Waals surface area contributed by atoms with Gasteiger partial charge in [0.25, 0.3) is 5.01 Å². The lowest BCUT2D eigenvalue weighted by Crippen LogP contribution is -2.36. The third kappa shape index (κ3) is 6.25. The van der Waals surface area contributed by atoms with Crippen molar-refractivity contribution in [2.75, 3.05) is 17.2 Å². The quantitative estimate of drug-likeness (QED) is 0.110. The summed E-state index contributed by atoms with van der Waals surface area (Å²) < 4.78 is 38.3. The van der Waals surface area contributed by atoms with Gasteiger partial charge in [-0.25, -0.2) is 8.42 Å². The Morgan fingerprint density at radius 1 is 0.822 bits per heavy atom. The Bertz CT molecular complexity index is 2170. The zero-order valence-corrected chi connectivity index (χ0v) is 27.6. The molecule has 8 heteroatoms. The monoisotopic (exact) mass is 650 g/mol. The van der Waals surface area contributed by atoms with Crippen LogP contribution >= 0.6 is 23.1 Å². The first kappa shape index (κ1) is 30.0. The Labute approximate surface area is 272 Å². The lowest BCUT2D eigenvalue weighted by Gasteiger charge is -2.22. The van der Waals surface area contributed by atoms with Gasteiger partial charge in [-0.05, 0) is 59.4 Å². The average molecular weight is 651 g/mol. The number of thiazole rings is 1. The van der Waals surface area contributed by atoms with Crippen LogP contribution in [0.3, 0.4) is 0 Å². The van der Waals surface area contributed by atoms with Crippen molar-refractivity contribution in [2.45, 2.75) is 44.0 Å². The van der Waals surface area contributed by atoms with Gasteiger partial charge in [-0.15, -0.1) is 0 Å². The topological polar surface area (TPSA) is 64.3 Å². The van der Waals surface area contributed by atoms with Gasteiger partial charge in [-0.3, -0.25) is 0 Å². The molecule has 0 aliphatic carbocycles. The highest BCUT2D eigenvalue weighted by Gasteiger charge is 2.30. The van der Waals surface area contributed by atoms with Crippen LogP contribution in [0, 0.1) is 0 Å². The van der Waals surface area contributed by atoms with E-state index in [1.165, 1.54) is 32.1 Å². The SMILES string of the molecule is CCc1ccc(CCC[n+]2c(C=C3Sc4ccc5ccccc5c4N3CCCS(=O)(=O)[O-])sc3ccc4ccccc4c32)cc1. The van der Waals surface area contributed by atoms with Crippen molar-refractivity contribution in [1.29, 1.82) is 0 Å². The van der Waals surface area contributed by atoms with E-state index in [0.717, 1.165) is 57.2 Å². The molecule has 0 unspecified atom stereocenters. The van der Waals surface area contributed by atoms with Crippen LogP contribution in [0.5, 0.6) is 0 Å². The number of aromatic nitrogens is 1. The van der Waals surface area contributed by atoms with Gasteiger partial charge in [0.1, 0.15) is 4.70 Å². The second-order valence-corrected chi connectivity index (χ2v) is 15.1. The first-order valence-electron chi connectivity index (χ1n) is 15.4. The van der Waals surface area contributed by atoms with Gasteiger partial charge in [0, 0.05) is 29.0 Å². The fraction of sp³-hybridized carbons (Fsp3) is 0.216. The first-order chi connectivity index (χ1) is 21.9. The molecule has 0 radical (unpaired) electrons. The van der Waals surface area contributed by atoms with E-state index in [0.29, 0.717) is 6.54 Å². The number of nitrogens with zero attached hydrogens (tertiary/aromatic N) is 2. The predicted octanol–water partition coefficient (Wildman–Crippen LogP) is 8.54. The van der Waals surface area contributed by atoms with E-state index in [9.17, 15) is 13.0 Å². The van der Waals surface area contributed by atoms with Crippen LogP contribution in [0.15, 0.2) is 107 Å². The van der Waals surface area contributed by atoms with Crippen LogP contribution in [0.1, 0.15) is 35.9 Å². The van der Waals surface area contributed by atoms with E-state index >= 15 is 0 Å². The van der Waals surface area contributed by atoms with E-state index < -0.39 is 10.1 Å². The van der Waals surface area contributed by atoms with E-state index in [1.807, 2.05) is 12.1 Å². The highest BCUT2D eigenvalue weighted by Crippen LogP contribution is 2.50. The molecular formula is C37H34N2O3S3. The number of benzene rings is 5. The number of hydrogen-bond acceptors (Lipinski definition) is 6. The largest absolute Gasteiger partial charge is 0.748 e. The van der Waals surface area contributed by atoms with Crippen molar-refractivity contribution in [1.82, 2.24) is 0 Å². The predicted molar refractivity (Wildman–Crippen MR) is 188 cm³/mol. The van der Waals surface area contributed by atoms with E-state index in [1.54, 1.807) is 23.1 Å². The molecular weight excluding hydrogens is 617 g/mol. The molecule has 5 aromatic carbocycles. The fourth-order valence-corrected chi connectivity index (χ4v) is 9.13. The molecule has 0 spiro atoms. The minimum Gasteiger partial charge on any atom is -0.748 e. The Balaban J connectivity index is 1.30. The lowest BCUT2D eigenvalue weighted by atomic mass is 10.1. The number of thioether (sulfide) groups is 1. The third-order valence-corrected chi connectivity index (χ3v) is 11.5. The zero-order valence-electron chi connectivity index (χ0n) is 25.1. The van der Waals surface area contributed by atoms with Crippen LogP contribution in [0.4, 0.5) is 5.69 Å². The lowest BCUT2D eigenvalue weighted by molar-refractivity contribution is -0.668. The summed E-state index contributed by atoms with van der Waals surface area (Å²) in [7, 11) is -4.30. The van der Waals surface area contributed by atoms with Gasteiger partial charge in [0.05, 0.1) is 32.3 Å². The first-order valence-corrected chi connectivity index (χ1v) is 18.6. The standard InChI is InChI=1S/C37H34N2O3S3/c1-2-26-14-16-27(17-15-26)9-7-22-38-34(43-32-20-18-28-10-3-5-12-30(28)36(32)38)25-35-39(23-8-24-45(40,41)42)37-31-13-6-4-11-29(31)19-21-33(37)44-35/h3-6,10-21,25H,2,7-9,22-24H2,1H3. The summed E-state index contributed by atoms with van der Waals surface area (Å²) in [5.41, 5.74) is 5.05. The molecule has 7 rings (SSSR count). The maximum atomic E-state index is 11.5. The van der Waals surface area contributed by atoms with E-state index in [4.69, 9.17) is 0 Å². The van der Waals surface area contributed by atoms with Crippen LogP contribution in [0.2, 0.25) is 0 Å². The molecule has 1 aromatic heterocycles. The van der Waals surface area contributed by atoms with Crippen molar-refractivity contribution in [3.8, 4) is 0 Å². The fourth-order valence-electron chi connectivity index (χ4n) is 6.29. The maximum Gasteiger partial charge on any atom is 0.265 e. The van der Waals surface area contributed by atoms with Gasteiger partial charge in [-0.2, -0.15) is 4.57 Å². The third-order valence-electron chi connectivity index (χ3n) is 8.53. The van der Waals surface area contributed by atoms with Crippen molar-refractivity contribution >= 4 is 76.7 Å². The summed E-state index contributed by atoms with van der Waals surface area (Å²) in [6.45, 7) is 3.50. The van der Waals surface area contributed by atoms with Crippen molar-refractivity contribution < 1.29 is 17.5 Å². The Morgan fingerprint density at radius 2 is 1.51 bits per heavy atom. The molecule has 45 heavy (non-hydrogen) atoms. The molecule has 0 N–H and O–H groups in total. The van der Waals surface area contributed by atoms with Crippen LogP contribution in [-0.4, -0.2) is 25.3 Å². The summed E-state index contributed by atoms with van der Waals surface area (Å²) >= 11 is 3.50. The summed E-state index contributed by atoms with van der Waals surface area (Å²) in [5, 5.41) is 6.93. The number of aryl methyl sites for hydroxylation is 3. The summed E-state index contributed by atoms with van der Waals surface area (Å²) in [5.74, 6) is -0.379. The normalized spacial score (nSPS) is 14.3. The Hall–Kier alpha value is -3.69. The summed E-state index contributed by atoms with van der Waals surface area (Å²) in [4.78, 5) is 3.36. The molecule has 0 saturated carbocycles. The zero-order chi connectivity index (χ0) is 31.0. The van der Waals surface area contributed by atoms with Gasteiger partial charge in [0.15, 0.2) is 6.54 Å². The van der Waals surface area contributed by atoms with Crippen LogP contribution in [-0.2, 0) is 29.5 Å². The molecule has 1 aliphatic rings. The minimum absolute atomic E-state index is 0.264. The minimum atomic E-state index is -4.30. The van der Waals surface area contributed by atoms with Gasteiger partial charge in [-0.1, -0.05) is 109 Å². The number of anilines is 1. The Morgan fingerprint density at radius 3 is 2.27 bits per heavy atom. The summed E-state index contributed by atoms with van der Waals surface area (Å²) in [6.07, 6.45) is 5.58. The highest BCUT2D eigenvalue weighted by atomic mass is 32.2. The molecule has 0 saturated heterocycles. The number of hydrogen-bond donors (Lipinski definition) is 0. The van der Waals surface area contributed by atoms with E-state index in [2.05, 4.69) is 107 Å². The van der Waals surface area contributed by atoms with E-state index in [-0.39, 0.29) is 12.2 Å². The molecule has 5 nitrogen and oxygen atoms in total. The van der Waals surface area contributed by atoms with Crippen LogP contribution < -0.4 is 9.47 Å². The molecule has 2 heterocycles. The number of rotatable bonds is 10. The summed E-state index contributed by atoms with van der Waals surface area (Å²) in [6, 6.07) is 34.6. The number of fused-ring (bicyclic) bond motifs is 6. The molecule has 0 bridgehead atoms. The molecule has 0 amide bonds. The van der Waals surface area contributed by atoms with Gasteiger partial charge < -0.3 is 9.45 Å². The van der Waals surface area contributed by atoms with Gasteiger partial charge in [0.2, 0.25) is 5.52 Å². The van der Waals surface area contributed by atoms with Crippen molar-refractivity contribution in [2.24, 2.45) is 0 Å². The second kappa shape index (κ2) is 12.6. The highest BCUT2D eigenvalue weighted by molar-refractivity contribution is 8.04. The smallest absolute Gasteiger partial charge is 0.265 e. The second-order valence-electron chi connectivity index (χ2n) is 11.5. The molecule has 0 atom stereocenters. The average Bonchev–Trinajstić information content (AvgIpc) is 3.58. The maximum absolute atomic E-state index is 11.5. The van der Waals surface area contributed by atoms with Gasteiger partial charge >= 0.3 is 0 Å². The van der Waals surface area contributed by atoms with Crippen molar-refractivity contribution in [3.63, 3.8) is 0 Å². The molecule has 0 fully saturated rings. The van der Waals surface area contributed by atoms with Crippen molar-refractivity contribution in [3.05, 3.63) is 118 Å².